The van der Waals surface area contributed by atoms with Crippen molar-refractivity contribution in [3.8, 4) is 11.5 Å². The fraction of sp³-hybridized carbons (Fsp3) is 0.231. The van der Waals surface area contributed by atoms with Crippen molar-refractivity contribution in [1.29, 1.82) is 0 Å². The van der Waals surface area contributed by atoms with Gasteiger partial charge in [0, 0.05) is 13.0 Å². The Kier molecular flexibility index (Phi) is 4.94. The molecule has 0 bridgehead atoms. The zero-order chi connectivity index (χ0) is 12.7. The monoisotopic (exact) mass is 234 g/mol. The van der Waals surface area contributed by atoms with Crippen molar-refractivity contribution in [1.82, 2.24) is 0 Å². The maximum Gasteiger partial charge on any atom is 0.308 e. The molecule has 0 heterocycles. The number of rotatable bonds is 5. The highest BCUT2D eigenvalue weighted by Crippen LogP contribution is 2.19. The summed E-state index contributed by atoms with van der Waals surface area (Å²) in [5.41, 5.74) is 0.612. The molecule has 4 heteroatoms. The van der Waals surface area contributed by atoms with Crippen LogP contribution >= 0.6 is 0 Å². The summed E-state index contributed by atoms with van der Waals surface area (Å²) < 4.78 is 10.3. The van der Waals surface area contributed by atoms with E-state index in [1.54, 1.807) is 37.3 Å². The van der Waals surface area contributed by atoms with E-state index in [2.05, 4.69) is 0 Å². The third kappa shape index (κ3) is 4.97. The molecule has 0 unspecified atom stereocenters. The van der Waals surface area contributed by atoms with Crippen molar-refractivity contribution >= 4 is 12.3 Å². The first-order chi connectivity index (χ1) is 8.11. The molecule has 90 valence electrons. The minimum Gasteiger partial charge on any atom is -0.489 e. The molecule has 0 aliphatic carbocycles. The summed E-state index contributed by atoms with van der Waals surface area (Å²) in [6.07, 6.45) is 2.43. The molecule has 1 aromatic carbocycles. The molecule has 0 saturated heterocycles. The van der Waals surface area contributed by atoms with Crippen molar-refractivity contribution in [2.75, 3.05) is 6.61 Å². The van der Waals surface area contributed by atoms with E-state index in [4.69, 9.17) is 9.47 Å². The zero-order valence-corrected chi connectivity index (χ0v) is 9.80. The number of carbonyl (C=O) groups is 2. The van der Waals surface area contributed by atoms with E-state index < -0.39 is 0 Å². The Bertz CT molecular complexity index is 435. The Hall–Kier alpha value is -2.10. The summed E-state index contributed by atoms with van der Waals surface area (Å²) in [4.78, 5) is 21.1. The van der Waals surface area contributed by atoms with Gasteiger partial charge >= 0.3 is 5.97 Å². The fourth-order valence-electron chi connectivity index (χ4n) is 1.11. The van der Waals surface area contributed by atoms with Crippen LogP contribution in [-0.2, 0) is 9.59 Å². The van der Waals surface area contributed by atoms with Gasteiger partial charge in [-0.2, -0.15) is 0 Å². The normalized spacial score (nSPS) is 10.8. The predicted octanol–water partition coefficient (Wildman–Crippen LogP) is 2.14. The van der Waals surface area contributed by atoms with Gasteiger partial charge in [0.15, 0.2) is 0 Å². The highest BCUT2D eigenvalue weighted by atomic mass is 16.5. The lowest BCUT2D eigenvalue weighted by Crippen LogP contribution is -2.01. The van der Waals surface area contributed by atoms with E-state index in [1.807, 2.05) is 0 Å². The summed E-state index contributed by atoms with van der Waals surface area (Å²) in [6.45, 7) is 3.34. The zero-order valence-electron chi connectivity index (χ0n) is 9.80. The van der Waals surface area contributed by atoms with Crippen LogP contribution in [0.25, 0.3) is 0 Å². The van der Waals surface area contributed by atoms with Gasteiger partial charge in [-0.15, -0.1) is 0 Å². The van der Waals surface area contributed by atoms with Crippen LogP contribution in [0.4, 0.5) is 0 Å². The van der Waals surface area contributed by atoms with Crippen molar-refractivity contribution in [2.24, 2.45) is 0 Å². The van der Waals surface area contributed by atoms with Crippen molar-refractivity contribution < 1.29 is 19.1 Å². The second-order valence-electron chi connectivity index (χ2n) is 3.45. The summed E-state index contributed by atoms with van der Waals surface area (Å²) in [5, 5.41) is 0. The Labute approximate surface area is 99.8 Å². The Morgan fingerprint density at radius 2 is 2.00 bits per heavy atom. The Balaban J connectivity index is 2.59. The van der Waals surface area contributed by atoms with Gasteiger partial charge in [0.2, 0.25) is 0 Å². The third-order valence-corrected chi connectivity index (χ3v) is 1.91. The van der Waals surface area contributed by atoms with Crippen LogP contribution in [0.15, 0.2) is 35.9 Å². The van der Waals surface area contributed by atoms with E-state index in [-0.39, 0.29) is 5.97 Å². The first kappa shape index (κ1) is 13.0. The number of ether oxygens (including phenoxy) is 2. The summed E-state index contributed by atoms with van der Waals surface area (Å²) in [6, 6.07) is 6.76. The van der Waals surface area contributed by atoms with E-state index in [1.165, 1.54) is 6.92 Å². The molecular formula is C13H14O4. The molecule has 0 radical (unpaired) electrons. The van der Waals surface area contributed by atoms with Crippen LogP contribution in [0, 0.1) is 0 Å². The Morgan fingerprint density at radius 3 is 2.65 bits per heavy atom. The minimum absolute atomic E-state index is 0.300. The summed E-state index contributed by atoms with van der Waals surface area (Å²) in [5.74, 6) is 0.642. The van der Waals surface area contributed by atoms with Crippen LogP contribution in [0.5, 0.6) is 11.5 Å². The molecule has 4 nitrogen and oxygen atoms in total. The average Bonchev–Trinajstić information content (AvgIpc) is 2.28. The molecule has 1 rings (SSSR count). The largest absolute Gasteiger partial charge is 0.489 e. The van der Waals surface area contributed by atoms with Crippen LogP contribution < -0.4 is 9.47 Å². The molecule has 17 heavy (non-hydrogen) atoms. The van der Waals surface area contributed by atoms with Crippen LogP contribution in [0.2, 0.25) is 0 Å². The van der Waals surface area contributed by atoms with Gasteiger partial charge in [-0.3, -0.25) is 9.59 Å². The number of allylic oxidation sites excluding steroid dienone is 1. The van der Waals surface area contributed by atoms with Crippen molar-refractivity contribution in [2.45, 2.75) is 13.8 Å². The lowest BCUT2D eigenvalue weighted by atomic mass is 10.3. The van der Waals surface area contributed by atoms with Gasteiger partial charge in [-0.25, -0.2) is 0 Å². The minimum atomic E-state index is -0.376. The number of esters is 1. The topological polar surface area (TPSA) is 52.6 Å². The SMILES string of the molecule is CC(=O)Oc1cccc(OCC=C(C)C=O)c1. The molecule has 0 fully saturated rings. The lowest BCUT2D eigenvalue weighted by molar-refractivity contribution is -0.131. The number of aldehydes is 1. The number of hydrogen-bond acceptors (Lipinski definition) is 4. The number of benzene rings is 1. The maximum absolute atomic E-state index is 10.8. The van der Waals surface area contributed by atoms with E-state index in [0.717, 1.165) is 6.29 Å². The second-order valence-corrected chi connectivity index (χ2v) is 3.45. The molecule has 0 aliphatic rings. The molecule has 0 saturated carbocycles. The van der Waals surface area contributed by atoms with Gasteiger partial charge < -0.3 is 9.47 Å². The molecular weight excluding hydrogens is 220 g/mol. The Morgan fingerprint density at radius 1 is 1.29 bits per heavy atom. The molecule has 0 atom stereocenters. The molecule has 0 N–H and O–H groups in total. The smallest absolute Gasteiger partial charge is 0.308 e. The van der Waals surface area contributed by atoms with Gasteiger partial charge in [-0.05, 0) is 30.7 Å². The van der Waals surface area contributed by atoms with E-state index >= 15 is 0 Å². The maximum atomic E-state index is 10.8. The van der Waals surface area contributed by atoms with Gasteiger partial charge in [0.05, 0.1) is 0 Å². The second kappa shape index (κ2) is 6.48. The molecule has 1 aromatic rings. The van der Waals surface area contributed by atoms with Crippen molar-refractivity contribution in [3.05, 3.63) is 35.9 Å². The average molecular weight is 234 g/mol. The summed E-state index contributed by atoms with van der Waals surface area (Å²) in [7, 11) is 0. The molecule has 0 aromatic heterocycles. The van der Waals surface area contributed by atoms with Crippen LogP contribution in [-0.4, -0.2) is 18.9 Å². The highest BCUT2D eigenvalue weighted by molar-refractivity contribution is 5.72. The van der Waals surface area contributed by atoms with Crippen LogP contribution in [0.3, 0.4) is 0 Å². The predicted molar refractivity (Wildman–Crippen MR) is 63.1 cm³/mol. The number of carbonyl (C=O) groups excluding carboxylic acids is 2. The highest BCUT2D eigenvalue weighted by Gasteiger charge is 1.99. The van der Waals surface area contributed by atoms with Crippen molar-refractivity contribution in [3.63, 3.8) is 0 Å². The molecule has 0 amide bonds. The van der Waals surface area contributed by atoms with E-state index in [0.29, 0.717) is 23.7 Å². The first-order valence-corrected chi connectivity index (χ1v) is 5.15. The molecule has 0 aliphatic heterocycles. The molecule has 0 spiro atoms. The van der Waals surface area contributed by atoms with E-state index in [9.17, 15) is 9.59 Å². The van der Waals surface area contributed by atoms with Gasteiger partial charge in [0.1, 0.15) is 24.4 Å². The summed E-state index contributed by atoms with van der Waals surface area (Å²) >= 11 is 0. The van der Waals surface area contributed by atoms with Crippen LogP contribution in [0.1, 0.15) is 13.8 Å². The fourth-order valence-corrected chi connectivity index (χ4v) is 1.11. The van der Waals surface area contributed by atoms with Gasteiger partial charge in [-0.1, -0.05) is 6.07 Å². The third-order valence-electron chi connectivity index (χ3n) is 1.91. The lowest BCUT2D eigenvalue weighted by Gasteiger charge is -2.05. The standard InChI is InChI=1S/C13H14O4/c1-10(9-14)6-7-16-12-4-3-5-13(8-12)17-11(2)15/h3-6,8-9H,7H2,1-2H3. The number of hydrogen-bond donors (Lipinski definition) is 0. The first-order valence-electron chi connectivity index (χ1n) is 5.15. The quantitative estimate of drug-likeness (QED) is 0.339. The van der Waals surface area contributed by atoms with Gasteiger partial charge in [0.25, 0.3) is 0 Å².